The van der Waals surface area contributed by atoms with Gasteiger partial charge in [-0.05, 0) is 41.5 Å². The van der Waals surface area contributed by atoms with Crippen LogP contribution >= 0.6 is 0 Å². The molecule has 0 saturated carbocycles. The first-order valence-corrected chi connectivity index (χ1v) is 13.5. The van der Waals surface area contributed by atoms with E-state index in [0.717, 1.165) is 5.56 Å². The average Bonchev–Trinajstić information content (AvgIpc) is 3.40. The fourth-order valence-corrected chi connectivity index (χ4v) is 5.58. The maximum Gasteiger partial charge on any atom is 0.247 e. The number of fused-ring (bicyclic) bond motifs is 3. The Morgan fingerprint density at radius 3 is 2.50 bits per heavy atom. The number of methoxy groups -OCH3 is 1. The highest BCUT2D eigenvalue weighted by molar-refractivity contribution is 5.96. The number of aldehydes is 1. The van der Waals surface area contributed by atoms with E-state index in [-0.39, 0.29) is 43.3 Å². The molecule has 3 aromatic carbocycles. The second kappa shape index (κ2) is 12.5. The molecule has 0 radical (unpaired) electrons. The monoisotopic (exact) mass is 574 g/mol. The number of amides is 2. The number of hydrogen-bond acceptors (Lipinski definition) is 7. The number of nitrogens with one attached hydrogen (secondary N) is 1. The third-order valence-electron chi connectivity index (χ3n) is 7.56. The Morgan fingerprint density at radius 1 is 1.10 bits per heavy atom. The van der Waals surface area contributed by atoms with Crippen LogP contribution in [0.3, 0.4) is 0 Å². The minimum absolute atomic E-state index is 0.0155. The maximum absolute atomic E-state index is 13.8. The number of halogens is 1. The number of hydrogen-bond donors (Lipinski definition) is 3. The first kappa shape index (κ1) is 29.0. The van der Waals surface area contributed by atoms with E-state index in [4.69, 9.17) is 9.47 Å². The molecule has 0 bridgehead atoms. The summed E-state index contributed by atoms with van der Waals surface area (Å²) in [5.41, 5.74) is 2.39. The lowest BCUT2D eigenvalue weighted by Gasteiger charge is -2.41. The van der Waals surface area contributed by atoms with Crippen LogP contribution in [0.25, 0.3) is 0 Å². The summed E-state index contributed by atoms with van der Waals surface area (Å²) in [6.45, 7) is -0.279. The second-order valence-corrected chi connectivity index (χ2v) is 10.2. The van der Waals surface area contributed by atoms with Crippen molar-refractivity contribution < 1.29 is 38.5 Å². The molecule has 2 amide bonds. The molecule has 1 aliphatic heterocycles. The van der Waals surface area contributed by atoms with Crippen LogP contribution < -0.4 is 14.8 Å². The van der Waals surface area contributed by atoms with Crippen molar-refractivity contribution >= 4 is 18.1 Å². The Labute approximate surface area is 242 Å². The quantitative estimate of drug-likeness (QED) is 0.318. The first-order chi connectivity index (χ1) is 20.3. The van der Waals surface area contributed by atoms with E-state index in [1.165, 1.54) is 30.2 Å². The summed E-state index contributed by atoms with van der Waals surface area (Å²) in [4.78, 5) is 40.5. The smallest absolute Gasteiger partial charge is 0.247 e. The summed E-state index contributed by atoms with van der Waals surface area (Å²) in [6.07, 6.45) is -0.0670. The fourth-order valence-electron chi connectivity index (χ4n) is 5.58. The molecule has 1 aliphatic carbocycles. The first-order valence-electron chi connectivity index (χ1n) is 13.5. The Balaban J connectivity index is 1.59. The van der Waals surface area contributed by atoms with Gasteiger partial charge >= 0.3 is 0 Å². The van der Waals surface area contributed by atoms with Gasteiger partial charge in [0, 0.05) is 29.8 Å². The van der Waals surface area contributed by atoms with Crippen molar-refractivity contribution in [3.63, 3.8) is 0 Å². The van der Waals surface area contributed by atoms with Crippen molar-refractivity contribution in [1.82, 2.24) is 10.2 Å². The molecule has 1 heterocycles. The number of carbonyl (C=O) groups is 3. The van der Waals surface area contributed by atoms with Crippen LogP contribution in [0.1, 0.15) is 33.0 Å². The number of benzene rings is 3. The normalized spacial score (nSPS) is 20.4. The van der Waals surface area contributed by atoms with E-state index in [1.807, 2.05) is 30.3 Å². The summed E-state index contributed by atoms with van der Waals surface area (Å²) in [7, 11) is 1.42. The molecular weight excluding hydrogens is 543 g/mol. The largest absolute Gasteiger partial charge is 0.493 e. The molecule has 0 spiro atoms. The summed E-state index contributed by atoms with van der Waals surface area (Å²) in [5, 5.41) is 23.8. The predicted octanol–water partition coefficient (Wildman–Crippen LogP) is 2.54. The average molecular weight is 575 g/mol. The molecule has 3 N–H and O–H groups in total. The maximum atomic E-state index is 13.8. The van der Waals surface area contributed by atoms with Crippen LogP contribution in [0.4, 0.5) is 4.39 Å². The Morgan fingerprint density at radius 2 is 1.83 bits per heavy atom. The molecule has 2 aliphatic rings. The number of nitrogens with zero attached hydrogens (tertiary/aromatic N) is 1. The van der Waals surface area contributed by atoms with Crippen molar-refractivity contribution in [2.75, 3.05) is 20.3 Å². The van der Waals surface area contributed by atoms with Crippen LogP contribution in [0.15, 0.2) is 78.4 Å². The molecule has 3 aromatic rings. The SMILES string of the molecule is COc1cc(C=O)cc2c1O[C@@H]1[C@@H](O)[C@H](N(Cc3ccc(F)cc3)C(=O)Cc3ccccc3)C=C(C(=O)NCCO)[C@H]21. The zero-order valence-corrected chi connectivity index (χ0v) is 22.9. The van der Waals surface area contributed by atoms with Crippen LogP contribution in [0.2, 0.25) is 0 Å². The molecule has 0 fully saturated rings. The highest BCUT2D eigenvalue weighted by Crippen LogP contribution is 2.51. The van der Waals surface area contributed by atoms with Gasteiger partial charge < -0.3 is 29.9 Å². The van der Waals surface area contributed by atoms with E-state index in [9.17, 15) is 29.0 Å². The summed E-state index contributed by atoms with van der Waals surface area (Å²) in [5.74, 6) is -1.48. The second-order valence-electron chi connectivity index (χ2n) is 10.2. The van der Waals surface area contributed by atoms with Crippen LogP contribution in [0, 0.1) is 5.82 Å². The summed E-state index contributed by atoms with van der Waals surface area (Å²) in [6, 6.07) is 16.9. The minimum atomic E-state index is -1.29. The topological polar surface area (TPSA) is 125 Å². The Bertz CT molecular complexity index is 1490. The molecule has 5 rings (SSSR count). The molecule has 0 saturated heterocycles. The lowest BCUT2D eigenvalue weighted by atomic mass is 9.77. The fraction of sp³-hybridized carbons (Fsp3) is 0.281. The molecule has 0 aromatic heterocycles. The molecule has 0 unspecified atom stereocenters. The Kier molecular flexibility index (Phi) is 8.65. The van der Waals surface area contributed by atoms with Gasteiger partial charge in [-0.2, -0.15) is 0 Å². The van der Waals surface area contributed by atoms with Gasteiger partial charge in [0.25, 0.3) is 0 Å². The van der Waals surface area contributed by atoms with Gasteiger partial charge in [0.2, 0.25) is 11.8 Å². The van der Waals surface area contributed by atoms with Crippen molar-refractivity contribution in [3.05, 3.63) is 106 Å². The van der Waals surface area contributed by atoms with Gasteiger partial charge in [0.1, 0.15) is 24.3 Å². The van der Waals surface area contributed by atoms with E-state index >= 15 is 0 Å². The molecule has 218 valence electrons. The van der Waals surface area contributed by atoms with E-state index in [1.54, 1.807) is 24.3 Å². The predicted molar refractivity (Wildman–Crippen MR) is 151 cm³/mol. The lowest BCUT2D eigenvalue weighted by molar-refractivity contribution is -0.137. The van der Waals surface area contributed by atoms with Gasteiger partial charge in [-0.3, -0.25) is 14.4 Å². The molecule has 4 atom stereocenters. The van der Waals surface area contributed by atoms with Gasteiger partial charge in [-0.25, -0.2) is 4.39 Å². The van der Waals surface area contributed by atoms with Crippen molar-refractivity contribution in [3.8, 4) is 11.5 Å². The molecular formula is C32H31FN2O7. The highest BCUT2D eigenvalue weighted by Gasteiger charge is 2.51. The standard InChI is InChI=1S/C32H31FN2O7/c1-41-26-14-21(18-37)13-23-28-24(32(40)34-11-12-36)16-25(29(39)31(28)42-30(23)26)35(17-20-7-9-22(33)10-8-20)27(38)15-19-5-3-2-4-6-19/h2-10,13-14,16,18,25,28-29,31,36,39H,11-12,15,17H2,1H3,(H,34,40)/t25-,28+,29+,31+/m1/s1. The number of aliphatic hydroxyl groups excluding tert-OH is 2. The van der Waals surface area contributed by atoms with Crippen LogP contribution in [0.5, 0.6) is 11.5 Å². The van der Waals surface area contributed by atoms with Gasteiger partial charge in [0.05, 0.1) is 32.1 Å². The highest BCUT2D eigenvalue weighted by atomic mass is 19.1. The third kappa shape index (κ3) is 5.77. The molecule has 42 heavy (non-hydrogen) atoms. The Hall–Kier alpha value is -4.54. The van der Waals surface area contributed by atoms with E-state index < -0.39 is 35.9 Å². The molecule has 10 heteroatoms. The molecule has 9 nitrogen and oxygen atoms in total. The van der Waals surface area contributed by atoms with E-state index in [2.05, 4.69) is 5.32 Å². The zero-order valence-electron chi connectivity index (χ0n) is 22.9. The van der Waals surface area contributed by atoms with Crippen molar-refractivity contribution in [1.29, 1.82) is 0 Å². The van der Waals surface area contributed by atoms with Crippen LogP contribution in [-0.2, 0) is 22.6 Å². The minimum Gasteiger partial charge on any atom is -0.493 e. The number of rotatable bonds is 10. The van der Waals surface area contributed by atoms with E-state index in [0.29, 0.717) is 28.7 Å². The van der Waals surface area contributed by atoms with Gasteiger partial charge in [-0.15, -0.1) is 0 Å². The third-order valence-corrected chi connectivity index (χ3v) is 7.56. The summed E-state index contributed by atoms with van der Waals surface area (Å²) >= 11 is 0. The number of carbonyl (C=O) groups excluding carboxylic acids is 3. The van der Waals surface area contributed by atoms with Crippen molar-refractivity contribution in [2.24, 2.45) is 0 Å². The number of ether oxygens (including phenoxy) is 2. The van der Waals surface area contributed by atoms with Gasteiger partial charge in [-0.1, -0.05) is 42.5 Å². The van der Waals surface area contributed by atoms with Gasteiger partial charge in [0.15, 0.2) is 11.5 Å². The van der Waals surface area contributed by atoms with Crippen LogP contribution in [-0.4, -0.2) is 71.7 Å². The zero-order chi connectivity index (χ0) is 29.8. The summed E-state index contributed by atoms with van der Waals surface area (Å²) < 4.78 is 25.4. The number of aliphatic hydroxyl groups is 2. The lowest BCUT2D eigenvalue weighted by Crippen LogP contribution is -2.55. The van der Waals surface area contributed by atoms with Crippen molar-refractivity contribution in [2.45, 2.75) is 37.1 Å².